The molecule has 2 rings (SSSR count). The second-order valence-corrected chi connectivity index (χ2v) is 4.39. The van der Waals surface area contributed by atoms with Crippen LogP contribution in [0.2, 0.25) is 5.02 Å². The van der Waals surface area contributed by atoms with Crippen LogP contribution >= 0.6 is 11.6 Å². The molecule has 0 heterocycles. The number of hydrogen-bond acceptors (Lipinski definition) is 3. The number of oxime groups is 1. The van der Waals surface area contributed by atoms with E-state index in [1.54, 1.807) is 36.4 Å². The van der Waals surface area contributed by atoms with Crippen LogP contribution in [0.4, 0.5) is 4.39 Å². The Kier molecular flexibility index (Phi) is 4.42. The van der Waals surface area contributed by atoms with Crippen molar-refractivity contribution in [3.8, 4) is 5.75 Å². The summed E-state index contributed by atoms with van der Waals surface area (Å²) in [5.41, 5.74) is 6.55. The van der Waals surface area contributed by atoms with E-state index in [0.29, 0.717) is 16.9 Å². The van der Waals surface area contributed by atoms with E-state index in [9.17, 15) is 4.39 Å². The lowest BCUT2D eigenvalue weighted by atomic mass is 10.2. The predicted molar refractivity (Wildman–Crippen MR) is 74.7 cm³/mol. The van der Waals surface area contributed by atoms with Gasteiger partial charge in [-0.2, -0.15) is 0 Å². The minimum Gasteiger partial charge on any atom is -0.489 e. The molecular formula is C14H12ClFN2O2. The summed E-state index contributed by atoms with van der Waals surface area (Å²) in [5.74, 6) is 0.00633. The Labute approximate surface area is 120 Å². The molecule has 20 heavy (non-hydrogen) atoms. The van der Waals surface area contributed by atoms with Gasteiger partial charge < -0.3 is 15.7 Å². The molecule has 0 saturated heterocycles. The van der Waals surface area contributed by atoms with Gasteiger partial charge in [0, 0.05) is 11.1 Å². The Hall–Kier alpha value is -2.27. The minimum absolute atomic E-state index is 0.0146. The normalized spacial score (nSPS) is 11.4. The molecule has 2 aromatic rings. The molecular weight excluding hydrogens is 283 g/mol. The third-order valence-corrected chi connectivity index (χ3v) is 3.09. The Morgan fingerprint density at radius 3 is 2.80 bits per heavy atom. The molecule has 0 bridgehead atoms. The van der Waals surface area contributed by atoms with Gasteiger partial charge in [-0.1, -0.05) is 41.0 Å². The summed E-state index contributed by atoms with van der Waals surface area (Å²) >= 11 is 5.84. The van der Waals surface area contributed by atoms with Crippen molar-refractivity contribution in [1.82, 2.24) is 0 Å². The first-order chi connectivity index (χ1) is 9.61. The lowest BCUT2D eigenvalue weighted by molar-refractivity contribution is 0.305. The highest BCUT2D eigenvalue weighted by molar-refractivity contribution is 6.31. The number of rotatable bonds is 4. The molecule has 6 heteroatoms. The Bertz CT molecular complexity index is 647. The van der Waals surface area contributed by atoms with E-state index in [0.717, 1.165) is 0 Å². The van der Waals surface area contributed by atoms with Gasteiger partial charge in [-0.15, -0.1) is 0 Å². The molecule has 0 fully saturated rings. The molecule has 0 radical (unpaired) electrons. The number of hydrogen-bond donors (Lipinski definition) is 2. The molecule has 0 saturated carbocycles. The van der Waals surface area contributed by atoms with Gasteiger partial charge in [0.2, 0.25) is 0 Å². The number of halogens is 2. The van der Waals surface area contributed by atoms with Crippen molar-refractivity contribution >= 4 is 17.4 Å². The molecule has 4 nitrogen and oxygen atoms in total. The average molecular weight is 295 g/mol. The Morgan fingerprint density at radius 2 is 2.05 bits per heavy atom. The molecule has 0 amide bonds. The van der Waals surface area contributed by atoms with Gasteiger partial charge in [-0.25, -0.2) is 4.39 Å². The molecule has 104 valence electrons. The fraction of sp³-hybridized carbons (Fsp3) is 0.0714. The third-order valence-electron chi connectivity index (χ3n) is 2.66. The van der Waals surface area contributed by atoms with Crippen molar-refractivity contribution < 1.29 is 14.3 Å². The van der Waals surface area contributed by atoms with E-state index in [1.807, 2.05) is 0 Å². The fourth-order valence-electron chi connectivity index (χ4n) is 1.62. The van der Waals surface area contributed by atoms with Gasteiger partial charge in [0.05, 0.1) is 5.02 Å². The number of ether oxygens (including phenoxy) is 1. The first kappa shape index (κ1) is 14.1. The van der Waals surface area contributed by atoms with Crippen LogP contribution in [0.15, 0.2) is 47.6 Å². The van der Waals surface area contributed by atoms with Crippen LogP contribution in [-0.2, 0) is 6.61 Å². The fourth-order valence-corrected chi connectivity index (χ4v) is 1.80. The lowest BCUT2D eigenvalue weighted by Crippen LogP contribution is -2.12. The largest absolute Gasteiger partial charge is 0.489 e. The summed E-state index contributed by atoms with van der Waals surface area (Å²) in [7, 11) is 0. The predicted octanol–water partition coefficient (Wildman–Crippen LogP) is 3.15. The summed E-state index contributed by atoms with van der Waals surface area (Å²) in [6.45, 7) is 0.121. The van der Waals surface area contributed by atoms with E-state index in [2.05, 4.69) is 5.16 Å². The molecule has 0 aromatic heterocycles. The number of nitrogens with zero attached hydrogens (tertiary/aromatic N) is 1. The van der Waals surface area contributed by atoms with Gasteiger partial charge in [0.15, 0.2) is 5.84 Å². The highest BCUT2D eigenvalue weighted by Crippen LogP contribution is 2.22. The summed E-state index contributed by atoms with van der Waals surface area (Å²) in [6, 6.07) is 11.2. The maximum atomic E-state index is 13.3. The van der Waals surface area contributed by atoms with Crippen LogP contribution in [0, 0.1) is 5.82 Å². The van der Waals surface area contributed by atoms with Crippen molar-refractivity contribution in [1.29, 1.82) is 0 Å². The first-order valence-electron chi connectivity index (χ1n) is 5.75. The van der Waals surface area contributed by atoms with Gasteiger partial charge in [0.25, 0.3) is 0 Å². The molecule has 2 aromatic carbocycles. The number of nitrogens with two attached hydrogens (primary N) is 1. The van der Waals surface area contributed by atoms with Crippen LogP contribution < -0.4 is 10.5 Å². The molecule has 0 aliphatic heterocycles. The summed E-state index contributed by atoms with van der Waals surface area (Å²) in [4.78, 5) is 0. The Balaban J connectivity index is 2.13. The smallest absolute Gasteiger partial charge is 0.170 e. The maximum absolute atomic E-state index is 13.3. The van der Waals surface area contributed by atoms with Crippen molar-refractivity contribution in [2.24, 2.45) is 10.9 Å². The van der Waals surface area contributed by atoms with Crippen molar-refractivity contribution in [2.75, 3.05) is 0 Å². The van der Waals surface area contributed by atoms with Crippen molar-refractivity contribution in [3.05, 3.63) is 64.4 Å². The Morgan fingerprint density at radius 1 is 1.30 bits per heavy atom. The van der Waals surface area contributed by atoms with Crippen LogP contribution in [-0.4, -0.2) is 11.0 Å². The van der Waals surface area contributed by atoms with Gasteiger partial charge >= 0.3 is 0 Å². The highest BCUT2D eigenvalue weighted by Gasteiger charge is 2.07. The summed E-state index contributed by atoms with van der Waals surface area (Å²) < 4.78 is 18.8. The van der Waals surface area contributed by atoms with Crippen LogP contribution in [0.3, 0.4) is 0 Å². The molecule has 0 aliphatic rings. The zero-order valence-electron chi connectivity index (χ0n) is 10.4. The van der Waals surface area contributed by atoms with Gasteiger partial charge in [-0.3, -0.25) is 0 Å². The summed E-state index contributed by atoms with van der Waals surface area (Å²) in [5, 5.41) is 11.6. The van der Waals surface area contributed by atoms with E-state index in [-0.39, 0.29) is 17.5 Å². The van der Waals surface area contributed by atoms with Crippen molar-refractivity contribution in [2.45, 2.75) is 6.61 Å². The second kappa shape index (κ2) is 6.25. The number of benzene rings is 2. The first-order valence-corrected chi connectivity index (χ1v) is 6.13. The van der Waals surface area contributed by atoms with Crippen molar-refractivity contribution in [3.63, 3.8) is 0 Å². The maximum Gasteiger partial charge on any atom is 0.170 e. The quantitative estimate of drug-likeness (QED) is 0.394. The number of amidine groups is 1. The molecule has 0 aliphatic carbocycles. The summed E-state index contributed by atoms with van der Waals surface area (Å²) in [6.07, 6.45) is 0. The molecule has 0 spiro atoms. The van der Waals surface area contributed by atoms with Gasteiger partial charge in [0.1, 0.15) is 18.2 Å². The second-order valence-electron chi connectivity index (χ2n) is 4.01. The van der Waals surface area contributed by atoms with E-state index >= 15 is 0 Å². The van der Waals surface area contributed by atoms with Gasteiger partial charge in [-0.05, 0) is 18.2 Å². The highest BCUT2D eigenvalue weighted by atomic mass is 35.5. The average Bonchev–Trinajstić information content (AvgIpc) is 2.48. The zero-order valence-corrected chi connectivity index (χ0v) is 11.1. The molecule has 3 N–H and O–H groups in total. The topological polar surface area (TPSA) is 67.8 Å². The van der Waals surface area contributed by atoms with E-state index in [1.165, 1.54) is 6.07 Å². The standard InChI is InChI=1S/C14H12ClFN2O2/c15-13-10(4-2-6-12(13)16)8-20-11-5-1-3-9(7-11)14(17)18-19/h1-7,19H,8H2,(H2,17,18). The third kappa shape index (κ3) is 3.19. The van der Waals surface area contributed by atoms with E-state index < -0.39 is 5.82 Å². The van der Waals surface area contributed by atoms with Crippen LogP contribution in [0.25, 0.3) is 0 Å². The molecule has 0 atom stereocenters. The SMILES string of the molecule is N/C(=N/O)c1cccc(OCc2cccc(F)c2Cl)c1. The lowest BCUT2D eigenvalue weighted by Gasteiger charge is -2.09. The van der Waals surface area contributed by atoms with Crippen LogP contribution in [0.5, 0.6) is 5.75 Å². The minimum atomic E-state index is -0.488. The zero-order chi connectivity index (χ0) is 14.5. The van der Waals surface area contributed by atoms with Crippen LogP contribution in [0.1, 0.15) is 11.1 Å². The monoisotopic (exact) mass is 294 g/mol. The molecule has 0 unspecified atom stereocenters. The van der Waals surface area contributed by atoms with E-state index in [4.69, 9.17) is 27.3 Å².